The maximum atomic E-state index is 6.46. The maximum absolute atomic E-state index is 6.46. The molecule has 0 aromatic heterocycles. The summed E-state index contributed by atoms with van der Waals surface area (Å²) in [5, 5.41) is 7.68. The minimum absolute atomic E-state index is 0.128. The Morgan fingerprint density at radius 3 is 2.28 bits per heavy atom. The Hall–Kier alpha value is -2.10. The first-order valence-corrected chi connectivity index (χ1v) is 9.31. The Morgan fingerprint density at radius 2 is 1.56 bits per heavy atom. The Bertz CT molecular complexity index is 907. The highest BCUT2D eigenvalue weighted by atomic mass is 79.9. The molecular weight excluding hydrogens is 396 g/mol. The molecular formula is C21H16BrClN2. The number of hydrogen-bond acceptors (Lipinski definition) is 2. The monoisotopic (exact) mass is 410 g/mol. The van der Waals surface area contributed by atoms with Crippen LogP contribution in [0.1, 0.15) is 23.6 Å². The number of rotatable bonds is 3. The van der Waals surface area contributed by atoms with Crippen molar-refractivity contribution in [3.63, 3.8) is 0 Å². The van der Waals surface area contributed by atoms with Gasteiger partial charge < -0.3 is 0 Å². The lowest BCUT2D eigenvalue weighted by atomic mass is 9.98. The van der Waals surface area contributed by atoms with Crippen LogP contribution < -0.4 is 5.01 Å². The molecule has 0 aliphatic carbocycles. The zero-order valence-electron chi connectivity index (χ0n) is 13.4. The highest BCUT2D eigenvalue weighted by Gasteiger charge is 2.30. The zero-order chi connectivity index (χ0) is 17.2. The molecule has 0 N–H and O–H groups in total. The van der Waals surface area contributed by atoms with E-state index in [1.165, 1.54) is 5.56 Å². The SMILES string of the molecule is Clc1ccccc1N1N=C(c2ccccc2)CC1c1ccc(Br)cc1. The van der Waals surface area contributed by atoms with Gasteiger partial charge in [-0.05, 0) is 35.4 Å². The molecule has 3 aromatic rings. The zero-order valence-corrected chi connectivity index (χ0v) is 15.8. The second kappa shape index (κ2) is 7.03. The lowest BCUT2D eigenvalue weighted by Gasteiger charge is -2.24. The summed E-state index contributed by atoms with van der Waals surface area (Å²) < 4.78 is 1.07. The molecule has 0 radical (unpaired) electrons. The van der Waals surface area contributed by atoms with Gasteiger partial charge >= 0.3 is 0 Å². The van der Waals surface area contributed by atoms with Crippen LogP contribution in [0.4, 0.5) is 5.69 Å². The standard InChI is InChI=1S/C21H16BrClN2/c22-17-12-10-16(11-13-17)21-14-19(15-6-2-1-3-7-15)24-25(21)20-9-5-4-8-18(20)23/h1-13,21H,14H2. The van der Waals surface area contributed by atoms with Gasteiger partial charge in [0.25, 0.3) is 0 Å². The average molecular weight is 412 g/mol. The van der Waals surface area contributed by atoms with Crippen molar-refractivity contribution in [3.05, 3.63) is 99.5 Å². The van der Waals surface area contributed by atoms with Crippen molar-refractivity contribution in [2.75, 3.05) is 5.01 Å². The number of nitrogens with zero attached hydrogens (tertiary/aromatic N) is 2. The van der Waals surface area contributed by atoms with Crippen molar-refractivity contribution in [1.29, 1.82) is 0 Å². The van der Waals surface area contributed by atoms with E-state index in [0.29, 0.717) is 5.02 Å². The third-order valence-corrected chi connectivity index (χ3v) is 5.22. The van der Waals surface area contributed by atoms with E-state index in [4.69, 9.17) is 16.7 Å². The fraction of sp³-hybridized carbons (Fsp3) is 0.0952. The quantitative estimate of drug-likeness (QED) is 0.483. The predicted octanol–water partition coefficient (Wildman–Crippen LogP) is 6.46. The highest BCUT2D eigenvalue weighted by molar-refractivity contribution is 9.10. The average Bonchev–Trinajstić information content (AvgIpc) is 3.09. The Morgan fingerprint density at radius 1 is 0.880 bits per heavy atom. The first-order valence-electron chi connectivity index (χ1n) is 8.14. The van der Waals surface area contributed by atoms with Crippen LogP contribution in [0.2, 0.25) is 5.02 Å². The molecule has 1 atom stereocenters. The van der Waals surface area contributed by atoms with Gasteiger partial charge in [-0.2, -0.15) is 5.10 Å². The van der Waals surface area contributed by atoms with Gasteiger partial charge in [0.1, 0.15) is 0 Å². The van der Waals surface area contributed by atoms with Gasteiger partial charge in [-0.1, -0.05) is 82.1 Å². The van der Waals surface area contributed by atoms with E-state index >= 15 is 0 Å². The molecule has 3 aromatic carbocycles. The summed E-state index contributed by atoms with van der Waals surface area (Å²) >= 11 is 9.97. The summed E-state index contributed by atoms with van der Waals surface area (Å²) in [6.45, 7) is 0. The van der Waals surface area contributed by atoms with E-state index in [0.717, 1.165) is 27.9 Å². The summed E-state index contributed by atoms with van der Waals surface area (Å²) in [7, 11) is 0. The number of anilines is 1. The van der Waals surface area contributed by atoms with Crippen molar-refractivity contribution < 1.29 is 0 Å². The Kier molecular flexibility index (Phi) is 4.60. The largest absolute Gasteiger partial charge is 0.256 e. The summed E-state index contributed by atoms with van der Waals surface area (Å²) in [5.74, 6) is 0. The number of halogens is 2. The van der Waals surface area contributed by atoms with Crippen LogP contribution in [0.15, 0.2) is 88.4 Å². The highest BCUT2D eigenvalue weighted by Crippen LogP contribution is 2.39. The van der Waals surface area contributed by atoms with E-state index in [1.54, 1.807) is 0 Å². The fourth-order valence-electron chi connectivity index (χ4n) is 3.12. The lowest BCUT2D eigenvalue weighted by molar-refractivity contribution is 0.709. The van der Waals surface area contributed by atoms with Crippen molar-refractivity contribution in [2.24, 2.45) is 5.10 Å². The molecule has 2 nitrogen and oxygen atoms in total. The van der Waals surface area contributed by atoms with Gasteiger partial charge in [-0.3, -0.25) is 5.01 Å². The third kappa shape index (κ3) is 3.35. The lowest BCUT2D eigenvalue weighted by Crippen LogP contribution is -2.18. The summed E-state index contributed by atoms with van der Waals surface area (Å²) in [4.78, 5) is 0. The van der Waals surface area contributed by atoms with Crippen LogP contribution >= 0.6 is 27.5 Å². The van der Waals surface area contributed by atoms with Gasteiger partial charge in [0.2, 0.25) is 0 Å². The molecule has 0 fully saturated rings. The molecule has 0 saturated carbocycles. The molecule has 0 amide bonds. The first-order chi connectivity index (χ1) is 12.2. The number of benzene rings is 3. The van der Waals surface area contributed by atoms with Crippen LogP contribution in [0.3, 0.4) is 0 Å². The molecule has 1 unspecified atom stereocenters. The first kappa shape index (κ1) is 16.4. The van der Waals surface area contributed by atoms with E-state index in [9.17, 15) is 0 Å². The summed E-state index contributed by atoms with van der Waals surface area (Å²) in [5.41, 5.74) is 4.38. The van der Waals surface area contributed by atoms with Gasteiger partial charge in [-0.15, -0.1) is 0 Å². The van der Waals surface area contributed by atoms with Crippen LogP contribution in [0.5, 0.6) is 0 Å². The Labute approximate surface area is 160 Å². The molecule has 124 valence electrons. The molecule has 0 saturated heterocycles. The van der Waals surface area contributed by atoms with Gasteiger partial charge in [0, 0.05) is 10.9 Å². The molecule has 25 heavy (non-hydrogen) atoms. The van der Waals surface area contributed by atoms with E-state index < -0.39 is 0 Å². The molecule has 1 aliphatic heterocycles. The van der Waals surface area contributed by atoms with Crippen LogP contribution in [0.25, 0.3) is 0 Å². The molecule has 4 heteroatoms. The number of hydrazone groups is 1. The van der Waals surface area contributed by atoms with Gasteiger partial charge in [0.05, 0.1) is 22.5 Å². The maximum Gasteiger partial charge on any atom is 0.0832 e. The van der Waals surface area contributed by atoms with Crippen LogP contribution in [-0.4, -0.2) is 5.71 Å². The topological polar surface area (TPSA) is 15.6 Å². The summed E-state index contributed by atoms with van der Waals surface area (Å²) in [6.07, 6.45) is 0.844. The number of para-hydroxylation sites is 1. The molecule has 0 bridgehead atoms. The van der Waals surface area contributed by atoms with Crippen molar-refractivity contribution in [2.45, 2.75) is 12.5 Å². The van der Waals surface area contributed by atoms with Gasteiger partial charge in [0.15, 0.2) is 0 Å². The van der Waals surface area contributed by atoms with Crippen molar-refractivity contribution in [1.82, 2.24) is 0 Å². The minimum atomic E-state index is 0.128. The molecule has 1 aliphatic rings. The second-order valence-electron chi connectivity index (χ2n) is 5.98. The molecule has 4 rings (SSSR count). The molecule has 0 spiro atoms. The van der Waals surface area contributed by atoms with E-state index in [-0.39, 0.29) is 6.04 Å². The fourth-order valence-corrected chi connectivity index (χ4v) is 3.61. The molecule has 1 heterocycles. The van der Waals surface area contributed by atoms with Crippen molar-refractivity contribution in [3.8, 4) is 0 Å². The summed E-state index contributed by atoms with van der Waals surface area (Å²) in [6, 6.07) is 26.7. The third-order valence-electron chi connectivity index (χ3n) is 4.37. The predicted molar refractivity (Wildman–Crippen MR) is 108 cm³/mol. The second-order valence-corrected chi connectivity index (χ2v) is 7.30. The van der Waals surface area contributed by atoms with Crippen molar-refractivity contribution >= 4 is 38.9 Å². The van der Waals surface area contributed by atoms with E-state index in [1.807, 2.05) is 47.5 Å². The van der Waals surface area contributed by atoms with Gasteiger partial charge in [-0.25, -0.2) is 0 Å². The number of hydrogen-bond donors (Lipinski definition) is 0. The normalized spacial score (nSPS) is 16.8. The van der Waals surface area contributed by atoms with E-state index in [2.05, 4.69) is 52.3 Å². The van der Waals surface area contributed by atoms with Crippen LogP contribution in [-0.2, 0) is 0 Å². The Balaban J connectivity index is 1.78. The van der Waals surface area contributed by atoms with Crippen LogP contribution in [0, 0.1) is 0 Å². The minimum Gasteiger partial charge on any atom is -0.256 e. The smallest absolute Gasteiger partial charge is 0.0832 e.